The summed E-state index contributed by atoms with van der Waals surface area (Å²) >= 11 is 0. The molecule has 5 heteroatoms. The normalized spacial score (nSPS) is 16.2. The Morgan fingerprint density at radius 3 is 2.44 bits per heavy atom. The number of hydrogen-bond acceptors (Lipinski definition) is 4. The van der Waals surface area contributed by atoms with E-state index in [1.165, 1.54) is 0 Å². The Labute approximate surface area is 117 Å². The SMILES string of the molecule is O=C(ON1CCNCC1)c1ccccc1.[NaH]. The molecule has 0 aliphatic carbocycles. The Hall–Kier alpha value is -0.390. The topological polar surface area (TPSA) is 41.6 Å². The van der Waals surface area contributed by atoms with Gasteiger partial charge in [-0.3, -0.25) is 0 Å². The van der Waals surface area contributed by atoms with Crippen LogP contribution >= 0.6 is 0 Å². The third kappa shape index (κ3) is 3.88. The number of hydroxylamine groups is 2. The van der Waals surface area contributed by atoms with Gasteiger partial charge in [0.1, 0.15) is 0 Å². The van der Waals surface area contributed by atoms with Crippen molar-refractivity contribution in [1.29, 1.82) is 0 Å². The van der Waals surface area contributed by atoms with E-state index in [0.29, 0.717) is 5.56 Å². The summed E-state index contributed by atoms with van der Waals surface area (Å²) in [6, 6.07) is 9.04. The fraction of sp³-hybridized carbons (Fsp3) is 0.364. The van der Waals surface area contributed by atoms with Crippen LogP contribution in [0.2, 0.25) is 0 Å². The average Bonchev–Trinajstić information content (AvgIpc) is 2.31. The van der Waals surface area contributed by atoms with Crippen molar-refractivity contribution >= 4 is 35.5 Å². The van der Waals surface area contributed by atoms with Crippen molar-refractivity contribution in [3.63, 3.8) is 0 Å². The van der Waals surface area contributed by atoms with Crippen molar-refractivity contribution in [2.45, 2.75) is 0 Å². The molecule has 82 valence electrons. The number of benzene rings is 1. The van der Waals surface area contributed by atoms with Gasteiger partial charge in [-0.05, 0) is 12.1 Å². The van der Waals surface area contributed by atoms with E-state index in [-0.39, 0.29) is 35.5 Å². The van der Waals surface area contributed by atoms with Gasteiger partial charge in [0, 0.05) is 26.2 Å². The molecule has 0 radical (unpaired) electrons. The standard InChI is InChI=1S/C11H14N2O2.Na.H/c14-11(10-4-2-1-3-5-10)15-13-8-6-12-7-9-13;;/h1-5,12H,6-9H2;;. The van der Waals surface area contributed by atoms with E-state index in [2.05, 4.69) is 5.32 Å². The molecule has 1 saturated heterocycles. The third-order valence-corrected chi connectivity index (χ3v) is 2.30. The van der Waals surface area contributed by atoms with Crippen LogP contribution < -0.4 is 5.32 Å². The average molecular weight is 230 g/mol. The summed E-state index contributed by atoms with van der Waals surface area (Å²) in [5.41, 5.74) is 0.594. The Morgan fingerprint density at radius 1 is 1.19 bits per heavy atom. The van der Waals surface area contributed by atoms with Crippen molar-refractivity contribution < 1.29 is 9.63 Å². The molecule has 0 aromatic heterocycles. The molecular weight excluding hydrogens is 215 g/mol. The maximum absolute atomic E-state index is 11.6. The van der Waals surface area contributed by atoms with Gasteiger partial charge in [0.2, 0.25) is 0 Å². The Morgan fingerprint density at radius 2 is 1.81 bits per heavy atom. The monoisotopic (exact) mass is 230 g/mol. The van der Waals surface area contributed by atoms with Gasteiger partial charge in [-0.25, -0.2) is 4.79 Å². The minimum atomic E-state index is -0.280. The van der Waals surface area contributed by atoms with E-state index in [1.54, 1.807) is 17.2 Å². The zero-order valence-corrected chi connectivity index (χ0v) is 8.48. The van der Waals surface area contributed by atoms with E-state index < -0.39 is 0 Å². The predicted octanol–water partition coefficient (Wildman–Crippen LogP) is 0.0151. The van der Waals surface area contributed by atoms with E-state index >= 15 is 0 Å². The Balaban J connectivity index is 0.00000128. The summed E-state index contributed by atoms with van der Waals surface area (Å²) in [5, 5.41) is 4.89. The molecule has 1 aliphatic heterocycles. The molecule has 0 unspecified atom stereocenters. The van der Waals surface area contributed by atoms with Gasteiger partial charge in [-0.15, -0.1) is 5.06 Å². The molecule has 0 atom stereocenters. The number of piperazine rings is 1. The summed E-state index contributed by atoms with van der Waals surface area (Å²) < 4.78 is 0. The molecule has 4 nitrogen and oxygen atoms in total. The van der Waals surface area contributed by atoms with Crippen molar-refractivity contribution in [3.05, 3.63) is 35.9 Å². The van der Waals surface area contributed by atoms with Crippen LogP contribution in [0.25, 0.3) is 0 Å². The van der Waals surface area contributed by atoms with Gasteiger partial charge in [-0.2, -0.15) is 0 Å². The molecule has 1 aromatic rings. The second-order valence-corrected chi connectivity index (χ2v) is 3.42. The predicted molar refractivity (Wildman–Crippen MR) is 63.4 cm³/mol. The van der Waals surface area contributed by atoms with Crippen LogP contribution in [-0.4, -0.2) is 66.8 Å². The molecule has 1 aromatic carbocycles. The molecule has 0 spiro atoms. The van der Waals surface area contributed by atoms with Crippen molar-refractivity contribution in [2.75, 3.05) is 26.2 Å². The number of nitrogens with one attached hydrogen (secondary N) is 1. The Bertz CT molecular complexity index is 326. The second-order valence-electron chi connectivity index (χ2n) is 3.42. The number of rotatable bonds is 2. The van der Waals surface area contributed by atoms with E-state index in [9.17, 15) is 4.79 Å². The molecule has 1 aliphatic rings. The zero-order chi connectivity index (χ0) is 10.5. The summed E-state index contributed by atoms with van der Waals surface area (Å²) in [6.07, 6.45) is 0. The molecule has 1 N–H and O–H groups in total. The van der Waals surface area contributed by atoms with Crippen molar-refractivity contribution in [3.8, 4) is 0 Å². The first-order valence-corrected chi connectivity index (χ1v) is 5.09. The van der Waals surface area contributed by atoms with Crippen molar-refractivity contribution in [2.24, 2.45) is 0 Å². The fourth-order valence-electron chi connectivity index (χ4n) is 1.48. The summed E-state index contributed by atoms with van der Waals surface area (Å²) in [4.78, 5) is 16.9. The van der Waals surface area contributed by atoms with E-state index in [1.807, 2.05) is 18.2 Å². The molecule has 0 amide bonds. The third-order valence-electron chi connectivity index (χ3n) is 2.30. The molecule has 1 fully saturated rings. The molecule has 1 heterocycles. The number of carbonyl (C=O) groups excluding carboxylic acids is 1. The van der Waals surface area contributed by atoms with Crippen LogP contribution in [0.1, 0.15) is 10.4 Å². The van der Waals surface area contributed by atoms with E-state index in [0.717, 1.165) is 26.2 Å². The van der Waals surface area contributed by atoms with Gasteiger partial charge in [0.25, 0.3) is 0 Å². The summed E-state index contributed by atoms with van der Waals surface area (Å²) in [7, 11) is 0. The molecule has 16 heavy (non-hydrogen) atoms. The first-order valence-electron chi connectivity index (χ1n) is 5.09. The van der Waals surface area contributed by atoms with Crippen LogP contribution in [0.5, 0.6) is 0 Å². The summed E-state index contributed by atoms with van der Waals surface area (Å²) in [6.45, 7) is 3.22. The Kier molecular flexibility index (Phi) is 6.01. The van der Waals surface area contributed by atoms with Gasteiger partial charge < -0.3 is 10.2 Å². The number of nitrogens with zero attached hydrogens (tertiary/aromatic N) is 1. The van der Waals surface area contributed by atoms with Crippen LogP contribution in [0.3, 0.4) is 0 Å². The van der Waals surface area contributed by atoms with Gasteiger partial charge >= 0.3 is 35.5 Å². The van der Waals surface area contributed by atoms with Crippen LogP contribution in [0.4, 0.5) is 0 Å². The zero-order valence-electron chi connectivity index (χ0n) is 8.48. The molecular formula is C11H15N2NaO2. The minimum absolute atomic E-state index is 0. The van der Waals surface area contributed by atoms with Crippen LogP contribution in [0.15, 0.2) is 30.3 Å². The molecule has 2 rings (SSSR count). The second kappa shape index (κ2) is 7.04. The van der Waals surface area contributed by atoms with Crippen molar-refractivity contribution in [1.82, 2.24) is 10.4 Å². The molecule has 0 bridgehead atoms. The van der Waals surface area contributed by atoms with Crippen LogP contribution in [0, 0.1) is 0 Å². The van der Waals surface area contributed by atoms with Gasteiger partial charge in [0.15, 0.2) is 0 Å². The fourth-order valence-corrected chi connectivity index (χ4v) is 1.48. The quantitative estimate of drug-likeness (QED) is 0.727. The number of carbonyl (C=O) groups is 1. The first-order chi connectivity index (χ1) is 7.36. The summed E-state index contributed by atoms with van der Waals surface area (Å²) in [5.74, 6) is -0.280. The van der Waals surface area contributed by atoms with Gasteiger partial charge in [-0.1, -0.05) is 18.2 Å². The maximum atomic E-state index is 11.6. The van der Waals surface area contributed by atoms with E-state index in [4.69, 9.17) is 4.84 Å². The van der Waals surface area contributed by atoms with Gasteiger partial charge in [0.05, 0.1) is 5.56 Å². The number of hydrogen-bond donors (Lipinski definition) is 1. The van der Waals surface area contributed by atoms with Crippen LogP contribution in [-0.2, 0) is 4.84 Å². The first kappa shape index (κ1) is 13.7. The molecule has 0 saturated carbocycles.